The fraction of sp³-hybridized carbons (Fsp3) is 0.500. The normalized spacial score (nSPS) is 22.2. The van der Waals surface area contributed by atoms with Crippen LogP contribution in [0.1, 0.15) is 30.1 Å². The van der Waals surface area contributed by atoms with Gasteiger partial charge < -0.3 is 5.32 Å². The van der Waals surface area contributed by atoms with Gasteiger partial charge in [0.05, 0.1) is 0 Å². The lowest BCUT2D eigenvalue weighted by atomic mass is 10.0. The molecule has 1 fully saturated rings. The van der Waals surface area contributed by atoms with Gasteiger partial charge >= 0.3 is 0 Å². The molecular formula is C10H13FN2. The zero-order chi connectivity index (χ0) is 9.26. The highest BCUT2D eigenvalue weighted by atomic mass is 19.1. The summed E-state index contributed by atoms with van der Waals surface area (Å²) in [6.45, 7) is 2.84. The van der Waals surface area contributed by atoms with E-state index in [0.717, 1.165) is 30.6 Å². The second kappa shape index (κ2) is 3.42. The van der Waals surface area contributed by atoms with Crippen molar-refractivity contribution in [2.75, 3.05) is 6.54 Å². The van der Waals surface area contributed by atoms with E-state index in [9.17, 15) is 4.39 Å². The van der Waals surface area contributed by atoms with E-state index < -0.39 is 0 Å². The molecule has 0 aliphatic carbocycles. The zero-order valence-corrected chi connectivity index (χ0v) is 7.68. The molecule has 1 atom stereocenters. The van der Waals surface area contributed by atoms with Crippen LogP contribution in [0, 0.1) is 12.7 Å². The van der Waals surface area contributed by atoms with Gasteiger partial charge in [0.15, 0.2) is 0 Å². The SMILES string of the molecule is Cc1nccc(F)c1C1CCCN1. The molecule has 3 heteroatoms. The maximum atomic E-state index is 13.4. The summed E-state index contributed by atoms with van der Waals surface area (Å²) in [6.07, 6.45) is 3.66. The van der Waals surface area contributed by atoms with E-state index in [1.54, 1.807) is 0 Å². The smallest absolute Gasteiger partial charge is 0.131 e. The Kier molecular flexibility index (Phi) is 2.27. The van der Waals surface area contributed by atoms with Gasteiger partial charge in [-0.05, 0) is 32.4 Å². The third-order valence-corrected chi connectivity index (χ3v) is 2.54. The molecule has 1 aliphatic rings. The van der Waals surface area contributed by atoms with Gasteiger partial charge in [-0.2, -0.15) is 0 Å². The minimum absolute atomic E-state index is 0.132. The summed E-state index contributed by atoms with van der Waals surface area (Å²) in [4.78, 5) is 4.10. The van der Waals surface area contributed by atoms with E-state index in [4.69, 9.17) is 0 Å². The number of pyridine rings is 1. The number of nitrogens with one attached hydrogen (secondary N) is 1. The van der Waals surface area contributed by atoms with Gasteiger partial charge in [0.2, 0.25) is 0 Å². The van der Waals surface area contributed by atoms with Crippen molar-refractivity contribution in [2.24, 2.45) is 0 Å². The molecule has 0 radical (unpaired) electrons. The van der Waals surface area contributed by atoms with Gasteiger partial charge in [-0.15, -0.1) is 0 Å². The van der Waals surface area contributed by atoms with Crippen LogP contribution in [-0.2, 0) is 0 Å². The molecule has 0 aromatic carbocycles. The molecule has 1 N–H and O–H groups in total. The maximum absolute atomic E-state index is 13.4. The summed E-state index contributed by atoms with van der Waals surface area (Å²) in [7, 11) is 0. The van der Waals surface area contributed by atoms with Gasteiger partial charge in [-0.1, -0.05) is 0 Å². The molecular weight excluding hydrogens is 167 g/mol. The molecule has 1 aromatic rings. The van der Waals surface area contributed by atoms with Crippen molar-refractivity contribution in [3.05, 3.63) is 29.3 Å². The van der Waals surface area contributed by atoms with Gasteiger partial charge in [0.1, 0.15) is 5.82 Å². The number of aromatic nitrogens is 1. The molecule has 0 spiro atoms. The Hall–Kier alpha value is -0.960. The maximum Gasteiger partial charge on any atom is 0.131 e. The van der Waals surface area contributed by atoms with Crippen molar-refractivity contribution in [3.8, 4) is 0 Å². The van der Waals surface area contributed by atoms with Crippen LogP contribution in [0.4, 0.5) is 4.39 Å². The topological polar surface area (TPSA) is 24.9 Å². The van der Waals surface area contributed by atoms with Crippen molar-refractivity contribution in [3.63, 3.8) is 0 Å². The van der Waals surface area contributed by atoms with E-state index >= 15 is 0 Å². The van der Waals surface area contributed by atoms with E-state index in [-0.39, 0.29) is 11.9 Å². The Morgan fingerprint density at radius 3 is 3.08 bits per heavy atom. The molecule has 2 rings (SSSR count). The summed E-state index contributed by atoms with van der Waals surface area (Å²) in [5, 5.41) is 3.27. The monoisotopic (exact) mass is 180 g/mol. The fourth-order valence-corrected chi connectivity index (χ4v) is 1.90. The van der Waals surface area contributed by atoms with E-state index in [1.165, 1.54) is 12.3 Å². The first-order valence-corrected chi connectivity index (χ1v) is 4.63. The van der Waals surface area contributed by atoms with Crippen LogP contribution in [0.3, 0.4) is 0 Å². The summed E-state index contributed by atoms with van der Waals surface area (Å²) < 4.78 is 13.4. The number of hydrogen-bond acceptors (Lipinski definition) is 2. The summed E-state index contributed by atoms with van der Waals surface area (Å²) >= 11 is 0. The summed E-state index contributed by atoms with van der Waals surface area (Å²) in [5.74, 6) is -0.132. The van der Waals surface area contributed by atoms with Crippen molar-refractivity contribution in [2.45, 2.75) is 25.8 Å². The largest absolute Gasteiger partial charge is 0.310 e. The Bertz CT molecular complexity index is 286. The first-order valence-electron chi connectivity index (χ1n) is 4.63. The highest BCUT2D eigenvalue weighted by molar-refractivity contribution is 5.25. The lowest BCUT2D eigenvalue weighted by molar-refractivity contribution is 0.551. The zero-order valence-electron chi connectivity index (χ0n) is 7.68. The molecule has 1 aliphatic heterocycles. The minimum atomic E-state index is -0.132. The third-order valence-electron chi connectivity index (χ3n) is 2.54. The number of nitrogens with zero attached hydrogens (tertiary/aromatic N) is 1. The standard InChI is InChI=1S/C10H13FN2/c1-7-10(8(11)4-6-12-7)9-3-2-5-13-9/h4,6,9,13H,2-3,5H2,1H3. The van der Waals surface area contributed by atoms with Crippen LogP contribution in [0.15, 0.2) is 12.3 Å². The van der Waals surface area contributed by atoms with Crippen LogP contribution in [-0.4, -0.2) is 11.5 Å². The molecule has 0 amide bonds. The summed E-state index contributed by atoms with van der Waals surface area (Å²) in [5.41, 5.74) is 1.56. The quantitative estimate of drug-likeness (QED) is 0.714. The lowest BCUT2D eigenvalue weighted by Gasteiger charge is -2.13. The number of halogens is 1. The minimum Gasteiger partial charge on any atom is -0.310 e. The fourth-order valence-electron chi connectivity index (χ4n) is 1.90. The average molecular weight is 180 g/mol. The number of aryl methyl sites for hydroxylation is 1. The molecule has 1 saturated heterocycles. The molecule has 0 bridgehead atoms. The predicted molar refractivity (Wildman–Crippen MR) is 48.9 cm³/mol. The van der Waals surface area contributed by atoms with Crippen LogP contribution < -0.4 is 5.32 Å². The van der Waals surface area contributed by atoms with Crippen molar-refractivity contribution in [1.29, 1.82) is 0 Å². The highest BCUT2D eigenvalue weighted by Crippen LogP contribution is 2.26. The molecule has 70 valence electrons. The lowest BCUT2D eigenvalue weighted by Crippen LogP contribution is -2.16. The molecule has 0 saturated carbocycles. The van der Waals surface area contributed by atoms with Crippen molar-refractivity contribution >= 4 is 0 Å². The second-order valence-corrected chi connectivity index (χ2v) is 3.44. The van der Waals surface area contributed by atoms with Crippen LogP contribution in [0.2, 0.25) is 0 Å². The van der Waals surface area contributed by atoms with Gasteiger partial charge in [0.25, 0.3) is 0 Å². The van der Waals surface area contributed by atoms with Crippen molar-refractivity contribution < 1.29 is 4.39 Å². The Morgan fingerprint density at radius 2 is 2.46 bits per heavy atom. The van der Waals surface area contributed by atoms with Crippen LogP contribution >= 0.6 is 0 Å². The average Bonchev–Trinajstić information content (AvgIpc) is 2.57. The Balaban J connectivity index is 2.37. The van der Waals surface area contributed by atoms with Crippen LogP contribution in [0.25, 0.3) is 0 Å². The van der Waals surface area contributed by atoms with Gasteiger partial charge in [-0.3, -0.25) is 4.98 Å². The molecule has 2 heterocycles. The Labute approximate surface area is 77.2 Å². The van der Waals surface area contributed by atoms with Gasteiger partial charge in [0, 0.05) is 23.5 Å². The third kappa shape index (κ3) is 1.56. The number of rotatable bonds is 1. The molecule has 2 nitrogen and oxygen atoms in total. The van der Waals surface area contributed by atoms with E-state index in [0.29, 0.717) is 0 Å². The van der Waals surface area contributed by atoms with Gasteiger partial charge in [-0.25, -0.2) is 4.39 Å². The second-order valence-electron chi connectivity index (χ2n) is 3.44. The van der Waals surface area contributed by atoms with E-state index in [2.05, 4.69) is 10.3 Å². The molecule has 1 unspecified atom stereocenters. The molecule has 1 aromatic heterocycles. The first-order chi connectivity index (χ1) is 6.29. The number of hydrogen-bond donors (Lipinski definition) is 1. The Morgan fingerprint density at radius 1 is 1.62 bits per heavy atom. The highest BCUT2D eigenvalue weighted by Gasteiger charge is 2.21. The van der Waals surface area contributed by atoms with E-state index in [1.807, 2.05) is 6.92 Å². The molecule has 13 heavy (non-hydrogen) atoms. The first kappa shape index (κ1) is 8.63. The predicted octanol–water partition coefficient (Wildman–Crippen LogP) is 1.95. The summed E-state index contributed by atoms with van der Waals surface area (Å²) in [6, 6.07) is 1.61. The van der Waals surface area contributed by atoms with Crippen LogP contribution in [0.5, 0.6) is 0 Å². The van der Waals surface area contributed by atoms with Crippen molar-refractivity contribution in [1.82, 2.24) is 10.3 Å².